The highest BCUT2D eigenvalue weighted by atomic mass is 32.2. The van der Waals surface area contributed by atoms with E-state index in [1.807, 2.05) is 30.5 Å². The smallest absolute Gasteiger partial charge is 0.317 e. The molecule has 2 heterocycles. The molecule has 4 rings (SSSR count). The number of nitrogens with one attached hydrogen (secondary N) is 2. The van der Waals surface area contributed by atoms with Crippen molar-refractivity contribution in [1.29, 1.82) is 0 Å². The van der Waals surface area contributed by atoms with Crippen molar-refractivity contribution in [1.82, 2.24) is 20.1 Å². The molecule has 0 radical (unpaired) electrons. The van der Waals surface area contributed by atoms with Crippen LogP contribution in [-0.2, 0) is 6.42 Å². The van der Waals surface area contributed by atoms with Crippen molar-refractivity contribution in [3.05, 3.63) is 29.3 Å². The molecule has 6 heteroatoms. The Bertz CT molecular complexity index is 875. The fourth-order valence-corrected chi connectivity index (χ4v) is 6.15. The second kappa shape index (κ2) is 8.60. The van der Waals surface area contributed by atoms with E-state index in [0.29, 0.717) is 12.0 Å². The van der Waals surface area contributed by atoms with Gasteiger partial charge in [0.15, 0.2) is 0 Å². The molecule has 1 saturated heterocycles. The third-order valence-electron chi connectivity index (χ3n) is 6.64. The maximum atomic E-state index is 12.6. The van der Waals surface area contributed by atoms with E-state index in [4.69, 9.17) is 0 Å². The first-order valence-electron chi connectivity index (χ1n) is 11.1. The number of likely N-dealkylation sites (tertiary alicyclic amines) is 1. The Morgan fingerprint density at radius 1 is 1.31 bits per heavy atom. The molecule has 1 aliphatic heterocycles. The van der Waals surface area contributed by atoms with Crippen molar-refractivity contribution in [3.63, 3.8) is 0 Å². The first kappa shape index (κ1) is 20.6. The summed E-state index contributed by atoms with van der Waals surface area (Å²) >= 11 is 1.96. The summed E-state index contributed by atoms with van der Waals surface area (Å²) in [6.07, 6.45) is 3.30. The van der Waals surface area contributed by atoms with Crippen LogP contribution in [0.15, 0.2) is 23.2 Å². The average Bonchev–Trinajstić information content (AvgIpc) is 3.07. The summed E-state index contributed by atoms with van der Waals surface area (Å²) in [5.41, 5.74) is 4.24. The van der Waals surface area contributed by atoms with Crippen LogP contribution in [0.1, 0.15) is 50.7 Å². The molecule has 5 nitrogen and oxygen atoms in total. The molecule has 0 unspecified atom stereocenters. The van der Waals surface area contributed by atoms with Gasteiger partial charge in [-0.1, -0.05) is 19.1 Å². The van der Waals surface area contributed by atoms with Crippen LogP contribution in [0.5, 0.6) is 0 Å². The highest BCUT2D eigenvalue weighted by Crippen LogP contribution is 2.45. The SMILES string of the molecule is CCCSc1[nH]c2cccc3c2c1C[C@@H]1[C@@H]3C[C@H](NC(=O)N(CC)CC)CN1C. The Morgan fingerprint density at radius 2 is 2.10 bits per heavy atom. The van der Waals surface area contributed by atoms with E-state index in [9.17, 15) is 4.79 Å². The van der Waals surface area contributed by atoms with Crippen molar-refractivity contribution in [2.24, 2.45) is 0 Å². The van der Waals surface area contributed by atoms with Gasteiger partial charge in [-0.25, -0.2) is 4.79 Å². The highest BCUT2D eigenvalue weighted by molar-refractivity contribution is 7.99. The number of rotatable bonds is 6. The summed E-state index contributed by atoms with van der Waals surface area (Å²) in [6, 6.07) is 7.48. The van der Waals surface area contributed by atoms with Gasteiger partial charge in [0.25, 0.3) is 0 Å². The quantitative estimate of drug-likeness (QED) is 0.688. The Labute approximate surface area is 178 Å². The summed E-state index contributed by atoms with van der Waals surface area (Å²) < 4.78 is 0. The molecule has 2 amide bonds. The third-order valence-corrected chi connectivity index (χ3v) is 7.89. The molecule has 2 N–H and O–H groups in total. The molecule has 2 aliphatic rings. The Kier molecular flexibility index (Phi) is 6.11. The molecule has 29 heavy (non-hydrogen) atoms. The van der Waals surface area contributed by atoms with Crippen LogP contribution in [0.4, 0.5) is 4.79 Å². The topological polar surface area (TPSA) is 51.4 Å². The first-order valence-corrected chi connectivity index (χ1v) is 12.1. The molecule has 0 spiro atoms. The number of hydrogen-bond acceptors (Lipinski definition) is 3. The molecule has 1 fully saturated rings. The average molecular weight is 415 g/mol. The zero-order valence-corrected chi connectivity index (χ0v) is 18.9. The summed E-state index contributed by atoms with van der Waals surface area (Å²) in [6.45, 7) is 8.74. The van der Waals surface area contributed by atoms with Gasteiger partial charge in [0.2, 0.25) is 0 Å². The highest BCUT2D eigenvalue weighted by Gasteiger charge is 2.40. The number of hydrogen-bond donors (Lipinski definition) is 2. The Morgan fingerprint density at radius 3 is 2.83 bits per heavy atom. The van der Waals surface area contributed by atoms with Gasteiger partial charge in [-0.15, -0.1) is 11.8 Å². The number of carbonyl (C=O) groups is 1. The second-order valence-electron chi connectivity index (χ2n) is 8.42. The lowest BCUT2D eigenvalue weighted by Crippen LogP contribution is -2.56. The summed E-state index contributed by atoms with van der Waals surface area (Å²) in [7, 11) is 2.23. The predicted molar refractivity (Wildman–Crippen MR) is 122 cm³/mol. The van der Waals surface area contributed by atoms with Crippen LogP contribution >= 0.6 is 11.8 Å². The lowest BCUT2D eigenvalue weighted by molar-refractivity contribution is 0.123. The van der Waals surface area contributed by atoms with Gasteiger partial charge in [0.1, 0.15) is 0 Å². The van der Waals surface area contributed by atoms with Gasteiger partial charge in [0, 0.05) is 48.5 Å². The Hall–Kier alpha value is -1.66. The number of benzene rings is 1. The fraction of sp³-hybridized carbons (Fsp3) is 0.609. The van der Waals surface area contributed by atoms with Crippen LogP contribution in [0.3, 0.4) is 0 Å². The number of aromatic amines is 1. The minimum absolute atomic E-state index is 0.0708. The number of H-pyrrole nitrogens is 1. The largest absolute Gasteiger partial charge is 0.349 e. The molecule has 0 bridgehead atoms. The van der Waals surface area contributed by atoms with Crippen molar-refractivity contribution in [2.45, 2.75) is 63.1 Å². The monoisotopic (exact) mass is 414 g/mol. The second-order valence-corrected chi connectivity index (χ2v) is 9.53. The van der Waals surface area contributed by atoms with Gasteiger partial charge in [-0.05, 0) is 63.1 Å². The number of amides is 2. The van der Waals surface area contributed by atoms with Crippen LogP contribution in [0.25, 0.3) is 10.9 Å². The Balaban J connectivity index is 1.62. The zero-order valence-electron chi connectivity index (χ0n) is 18.1. The molecule has 1 aromatic heterocycles. The maximum Gasteiger partial charge on any atom is 0.317 e. The van der Waals surface area contributed by atoms with Crippen molar-refractivity contribution in [2.75, 3.05) is 32.4 Å². The minimum Gasteiger partial charge on any atom is -0.349 e. The number of fused-ring (bicyclic) bond motifs is 2. The lowest BCUT2D eigenvalue weighted by Gasteiger charge is -2.46. The third kappa shape index (κ3) is 3.77. The van der Waals surface area contributed by atoms with E-state index in [1.54, 1.807) is 0 Å². The maximum absolute atomic E-state index is 12.6. The van der Waals surface area contributed by atoms with Crippen molar-refractivity contribution in [3.8, 4) is 0 Å². The van der Waals surface area contributed by atoms with Crippen LogP contribution in [-0.4, -0.2) is 65.3 Å². The summed E-state index contributed by atoms with van der Waals surface area (Å²) in [5, 5.41) is 6.11. The van der Waals surface area contributed by atoms with Crippen molar-refractivity contribution >= 4 is 28.7 Å². The zero-order chi connectivity index (χ0) is 20.5. The molecule has 2 aromatic rings. The number of aromatic nitrogens is 1. The number of likely N-dealkylation sites (N-methyl/N-ethyl adjacent to an activating group) is 1. The molecule has 0 saturated carbocycles. The van der Waals surface area contributed by atoms with E-state index >= 15 is 0 Å². The van der Waals surface area contributed by atoms with E-state index in [0.717, 1.165) is 38.2 Å². The van der Waals surface area contributed by atoms with Gasteiger partial charge in [-0.2, -0.15) is 0 Å². The molecule has 3 atom stereocenters. The van der Waals surface area contributed by atoms with Crippen LogP contribution < -0.4 is 5.32 Å². The van der Waals surface area contributed by atoms with Crippen LogP contribution in [0.2, 0.25) is 0 Å². The minimum atomic E-state index is 0.0708. The molecule has 1 aliphatic carbocycles. The van der Waals surface area contributed by atoms with E-state index in [1.165, 1.54) is 33.5 Å². The number of piperidine rings is 1. The van der Waals surface area contributed by atoms with Gasteiger partial charge >= 0.3 is 6.03 Å². The van der Waals surface area contributed by atoms with Crippen molar-refractivity contribution < 1.29 is 4.79 Å². The molecule has 158 valence electrons. The molecular formula is C23H34N4OS. The predicted octanol–water partition coefficient (Wildman–Crippen LogP) is 4.43. The standard InChI is InChI=1S/C23H34N4OS/c1-5-11-29-22-18-13-20-17(16-9-8-10-19(25-22)21(16)18)12-15(14-26(20)4)24-23(28)27(6-2)7-3/h8-10,15,17,20,25H,5-7,11-14H2,1-4H3,(H,24,28)/t15-,17+,20+/m0/s1. The fourth-order valence-electron chi connectivity index (χ4n) is 5.20. The van der Waals surface area contributed by atoms with Gasteiger partial charge in [0.05, 0.1) is 5.03 Å². The number of urea groups is 1. The number of nitrogens with zero attached hydrogens (tertiary/aromatic N) is 2. The lowest BCUT2D eigenvalue weighted by atomic mass is 9.74. The molecule has 1 aromatic carbocycles. The van der Waals surface area contributed by atoms with Gasteiger partial charge < -0.3 is 20.1 Å². The van der Waals surface area contributed by atoms with E-state index in [2.05, 4.69) is 47.4 Å². The number of thioether (sulfide) groups is 1. The summed E-state index contributed by atoms with van der Waals surface area (Å²) in [4.78, 5) is 20.7. The summed E-state index contributed by atoms with van der Waals surface area (Å²) in [5.74, 6) is 1.62. The van der Waals surface area contributed by atoms with Gasteiger partial charge in [-0.3, -0.25) is 0 Å². The van der Waals surface area contributed by atoms with Crippen LogP contribution in [0, 0.1) is 0 Å². The first-order chi connectivity index (χ1) is 14.1. The van der Waals surface area contributed by atoms with E-state index in [-0.39, 0.29) is 12.1 Å². The van der Waals surface area contributed by atoms with E-state index < -0.39 is 0 Å². The number of carbonyl (C=O) groups excluding carboxylic acids is 1. The normalized spacial score (nSPS) is 23.8. The molecular weight excluding hydrogens is 380 g/mol.